The summed E-state index contributed by atoms with van der Waals surface area (Å²) >= 11 is 7.36. The molecule has 0 atom stereocenters. The molecule has 0 aliphatic carbocycles. The van der Waals surface area contributed by atoms with Crippen LogP contribution >= 0.6 is 23.4 Å². The van der Waals surface area contributed by atoms with Crippen LogP contribution in [0.5, 0.6) is 11.5 Å². The van der Waals surface area contributed by atoms with Crippen molar-refractivity contribution >= 4 is 23.4 Å². The van der Waals surface area contributed by atoms with Crippen LogP contribution < -0.4 is 9.47 Å². The molecule has 0 spiro atoms. The van der Waals surface area contributed by atoms with Crippen LogP contribution in [0.15, 0.2) is 58.2 Å². The van der Waals surface area contributed by atoms with E-state index in [2.05, 4.69) is 22.3 Å². The van der Waals surface area contributed by atoms with Crippen molar-refractivity contribution in [3.05, 3.63) is 65.0 Å². The first kappa shape index (κ1) is 17.6. The van der Waals surface area contributed by atoms with Crippen LogP contribution in [0.3, 0.4) is 0 Å². The number of halogens is 1. The standard InChI is InChI=1S/C18H17ClN2O3S/c1-22-15-6-2-13(3-7-15)10-11-25-18-21-20-17(24-18)12-23-16-8-4-14(19)5-9-16/h2-9H,10-12H2,1H3. The third-order valence-electron chi connectivity index (χ3n) is 3.40. The maximum Gasteiger partial charge on any atom is 0.276 e. The van der Waals surface area contributed by atoms with Gasteiger partial charge in [0.15, 0.2) is 6.61 Å². The van der Waals surface area contributed by atoms with Gasteiger partial charge in [-0.2, -0.15) is 0 Å². The summed E-state index contributed by atoms with van der Waals surface area (Å²) in [5.74, 6) is 2.86. The molecule has 0 saturated carbocycles. The zero-order chi connectivity index (χ0) is 17.5. The summed E-state index contributed by atoms with van der Waals surface area (Å²) in [6, 6.07) is 15.2. The van der Waals surface area contributed by atoms with Gasteiger partial charge in [0, 0.05) is 10.8 Å². The Morgan fingerprint density at radius 3 is 2.44 bits per heavy atom. The normalized spacial score (nSPS) is 10.6. The fourth-order valence-corrected chi connectivity index (χ4v) is 2.97. The minimum absolute atomic E-state index is 0.230. The highest BCUT2D eigenvalue weighted by atomic mass is 35.5. The molecule has 0 radical (unpaired) electrons. The highest BCUT2D eigenvalue weighted by Crippen LogP contribution is 2.20. The molecular weight excluding hydrogens is 360 g/mol. The molecule has 0 unspecified atom stereocenters. The van der Waals surface area contributed by atoms with Gasteiger partial charge >= 0.3 is 0 Å². The predicted octanol–water partition coefficient (Wildman–Crippen LogP) is 4.65. The average molecular weight is 377 g/mol. The molecular formula is C18H17ClN2O3S. The van der Waals surface area contributed by atoms with Crippen molar-refractivity contribution < 1.29 is 13.9 Å². The number of aryl methyl sites for hydroxylation is 1. The van der Waals surface area contributed by atoms with Gasteiger partial charge < -0.3 is 13.9 Å². The van der Waals surface area contributed by atoms with Crippen molar-refractivity contribution in [3.63, 3.8) is 0 Å². The molecule has 2 aromatic carbocycles. The first-order valence-corrected chi connectivity index (χ1v) is 9.06. The quantitative estimate of drug-likeness (QED) is 0.533. The van der Waals surface area contributed by atoms with Gasteiger partial charge in [0.25, 0.3) is 11.1 Å². The first-order chi connectivity index (χ1) is 12.2. The van der Waals surface area contributed by atoms with Crippen molar-refractivity contribution in [2.45, 2.75) is 18.3 Å². The minimum atomic E-state index is 0.230. The zero-order valence-electron chi connectivity index (χ0n) is 13.6. The number of aromatic nitrogens is 2. The molecule has 3 rings (SSSR count). The summed E-state index contributed by atoms with van der Waals surface area (Å²) in [6.45, 7) is 0.230. The van der Waals surface area contributed by atoms with Gasteiger partial charge in [-0.1, -0.05) is 35.5 Å². The van der Waals surface area contributed by atoms with Crippen molar-refractivity contribution in [1.82, 2.24) is 10.2 Å². The van der Waals surface area contributed by atoms with Crippen molar-refractivity contribution in [2.75, 3.05) is 12.9 Å². The van der Waals surface area contributed by atoms with E-state index >= 15 is 0 Å². The Hall–Kier alpha value is -2.18. The maximum absolute atomic E-state index is 5.83. The Kier molecular flexibility index (Phi) is 6.19. The van der Waals surface area contributed by atoms with E-state index in [1.807, 2.05) is 12.1 Å². The topological polar surface area (TPSA) is 57.4 Å². The highest BCUT2D eigenvalue weighted by Gasteiger charge is 2.08. The first-order valence-electron chi connectivity index (χ1n) is 7.69. The summed E-state index contributed by atoms with van der Waals surface area (Å²) in [5, 5.41) is 9.23. The van der Waals surface area contributed by atoms with Gasteiger partial charge in [-0.05, 0) is 48.4 Å². The second-order valence-corrected chi connectivity index (χ2v) is 6.63. The van der Waals surface area contributed by atoms with Gasteiger partial charge in [-0.25, -0.2) is 0 Å². The fourth-order valence-electron chi connectivity index (χ4n) is 2.08. The van der Waals surface area contributed by atoms with Gasteiger partial charge in [-0.15, -0.1) is 10.2 Å². The summed E-state index contributed by atoms with van der Waals surface area (Å²) in [7, 11) is 1.66. The second-order valence-electron chi connectivity index (χ2n) is 5.15. The molecule has 25 heavy (non-hydrogen) atoms. The molecule has 0 bridgehead atoms. The van der Waals surface area contributed by atoms with E-state index in [1.165, 1.54) is 17.3 Å². The Labute approximate surface area is 155 Å². The number of thioether (sulfide) groups is 1. The average Bonchev–Trinajstić information content (AvgIpc) is 3.10. The SMILES string of the molecule is COc1ccc(CCSc2nnc(COc3ccc(Cl)cc3)o2)cc1. The Morgan fingerprint density at radius 1 is 1.00 bits per heavy atom. The van der Waals surface area contributed by atoms with Crippen LogP contribution in [0.4, 0.5) is 0 Å². The maximum atomic E-state index is 5.83. The van der Waals surface area contributed by atoms with Crippen LogP contribution in [-0.4, -0.2) is 23.1 Å². The van der Waals surface area contributed by atoms with Crippen LogP contribution in [0.1, 0.15) is 11.5 Å². The van der Waals surface area contributed by atoms with E-state index in [0.29, 0.717) is 21.9 Å². The summed E-state index contributed by atoms with van der Waals surface area (Å²) < 4.78 is 16.3. The Morgan fingerprint density at radius 2 is 1.72 bits per heavy atom. The third-order valence-corrected chi connectivity index (χ3v) is 4.47. The molecule has 1 heterocycles. The molecule has 3 aromatic rings. The van der Waals surface area contributed by atoms with Crippen molar-refractivity contribution in [3.8, 4) is 11.5 Å². The number of hydrogen-bond donors (Lipinski definition) is 0. The van der Waals surface area contributed by atoms with Crippen LogP contribution in [0.25, 0.3) is 0 Å². The molecule has 0 fully saturated rings. The fraction of sp³-hybridized carbons (Fsp3) is 0.222. The highest BCUT2D eigenvalue weighted by molar-refractivity contribution is 7.99. The van der Waals surface area contributed by atoms with E-state index in [-0.39, 0.29) is 6.61 Å². The smallest absolute Gasteiger partial charge is 0.276 e. The molecule has 1 aromatic heterocycles. The number of methoxy groups -OCH3 is 1. The van der Waals surface area contributed by atoms with E-state index in [0.717, 1.165) is 17.9 Å². The predicted molar refractivity (Wildman–Crippen MR) is 97.5 cm³/mol. The lowest BCUT2D eigenvalue weighted by Gasteiger charge is -2.03. The molecule has 0 amide bonds. The number of rotatable bonds is 8. The number of benzene rings is 2. The molecule has 0 saturated heterocycles. The monoisotopic (exact) mass is 376 g/mol. The lowest BCUT2D eigenvalue weighted by Crippen LogP contribution is -1.95. The number of ether oxygens (including phenoxy) is 2. The lowest BCUT2D eigenvalue weighted by atomic mass is 10.2. The van der Waals surface area contributed by atoms with E-state index in [1.54, 1.807) is 31.4 Å². The summed E-state index contributed by atoms with van der Waals surface area (Å²) in [5.41, 5.74) is 1.24. The van der Waals surface area contributed by atoms with Crippen LogP contribution in [0, 0.1) is 0 Å². The van der Waals surface area contributed by atoms with Crippen molar-refractivity contribution in [2.24, 2.45) is 0 Å². The molecule has 130 valence electrons. The number of nitrogens with zero attached hydrogens (tertiary/aromatic N) is 2. The summed E-state index contributed by atoms with van der Waals surface area (Å²) in [4.78, 5) is 0. The lowest BCUT2D eigenvalue weighted by molar-refractivity contribution is 0.252. The van der Waals surface area contributed by atoms with E-state index in [4.69, 9.17) is 25.5 Å². The van der Waals surface area contributed by atoms with Gasteiger partial charge in [0.05, 0.1) is 7.11 Å². The van der Waals surface area contributed by atoms with Crippen LogP contribution in [0.2, 0.25) is 5.02 Å². The van der Waals surface area contributed by atoms with Crippen molar-refractivity contribution in [1.29, 1.82) is 0 Å². The zero-order valence-corrected chi connectivity index (χ0v) is 15.2. The third kappa shape index (κ3) is 5.41. The Balaban J connectivity index is 1.44. The number of hydrogen-bond acceptors (Lipinski definition) is 6. The van der Waals surface area contributed by atoms with E-state index < -0.39 is 0 Å². The minimum Gasteiger partial charge on any atom is -0.497 e. The van der Waals surface area contributed by atoms with Gasteiger partial charge in [0.2, 0.25) is 0 Å². The van der Waals surface area contributed by atoms with E-state index in [9.17, 15) is 0 Å². The molecule has 0 aliphatic heterocycles. The molecule has 7 heteroatoms. The molecule has 0 aliphatic rings. The van der Waals surface area contributed by atoms with Gasteiger partial charge in [0.1, 0.15) is 11.5 Å². The summed E-state index contributed by atoms with van der Waals surface area (Å²) in [6.07, 6.45) is 0.910. The van der Waals surface area contributed by atoms with Gasteiger partial charge in [-0.3, -0.25) is 0 Å². The Bertz CT molecular complexity index is 791. The molecule has 5 nitrogen and oxygen atoms in total. The molecule has 0 N–H and O–H groups in total. The second kappa shape index (κ2) is 8.78. The largest absolute Gasteiger partial charge is 0.497 e. The van der Waals surface area contributed by atoms with Crippen LogP contribution in [-0.2, 0) is 13.0 Å².